The first kappa shape index (κ1) is 19.2. The van der Waals surface area contributed by atoms with Gasteiger partial charge in [-0.3, -0.25) is 9.59 Å². The van der Waals surface area contributed by atoms with Crippen molar-refractivity contribution in [1.82, 2.24) is 5.32 Å². The van der Waals surface area contributed by atoms with Crippen LogP contribution in [-0.4, -0.2) is 17.7 Å². The van der Waals surface area contributed by atoms with Crippen LogP contribution < -0.4 is 11.1 Å². The van der Waals surface area contributed by atoms with E-state index in [0.29, 0.717) is 41.7 Å². The third kappa shape index (κ3) is 3.76. The molecule has 0 saturated carbocycles. The summed E-state index contributed by atoms with van der Waals surface area (Å²) < 4.78 is 27.0. The van der Waals surface area contributed by atoms with Crippen molar-refractivity contribution < 1.29 is 18.4 Å². The Morgan fingerprint density at radius 1 is 1.30 bits per heavy atom. The molecule has 0 aromatic heterocycles. The molecule has 27 heavy (non-hydrogen) atoms. The smallest absolute Gasteiger partial charge is 0.224 e. The van der Waals surface area contributed by atoms with Crippen LogP contribution >= 0.6 is 0 Å². The van der Waals surface area contributed by atoms with Gasteiger partial charge in [-0.25, -0.2) is 8.78 Å². The number of allylic oxidation sites excluding steroid dienone is 3. The van der Waals surface area contributed by atoms with Crippen LogP contribution in [0.1, 0.15) is 42.7 Å². The van der Waals surface area contributed by atoms with Crippen LogP contribution in [0.4, 0.5) is 8.78 Å². The van der Waals surface area contributed by atoms with Gasteiger partial charge in [-0.2, -0.15) is 0 Å². The van der Waals surface area contributed by atoms with Crippen molar-refractivity contribution in [2.45, 2.75) is 44.1 Å². The Kier molecular flexibility index (Phi) is 5.37. The van der Waals surface area contributed by atoms with Crippen molar-refractivity contribution in [2.24, 2.45) is 5.73 Å². The Morgan fingerprint density at radius 2 is 2.00 bits per heavy atom. The molecular weight excluding hydrogens is 350 g/mol. The molecule has 1 fully saturated rings. The van der Waals surface area contributed by atoms with Crippen molar-refractivity contribution in [2.75, 3.05) is 0 Å². The van der Waals surface area contributed by atoms with Crippen LogP contribution in [-0.2, 0) is 16.0 Å². The molecule has 1 aromatic rings. The average Bonchev–Trinajstić information content (AvgIpc) is 3.00. The number of halogens is 2. The van der Waals surface area contributed by atoms with E-state index in [2.05, 4.69) is 18.5 Å². The van der Waals surface area contributed by atoms with E-state index in [1.54, 1.807) is 0 Å². The molecule has 0 radical (unpaired) electrons. The lowest BCUT2D eigenvalue weighted by Gasteiger charge is -2.23. The zero-order chi connectivity index (χ0) is 19.7. The van der Waals surface area contributed by atoms with Crippen LogP contribution in [0.3, 0.4) is 0 Å². The number of ketones is 1. The summed E-state index contributed by atoms with van der Waals surface area (Å²) >= 11 is 0. The van der Waals surface area contributed by atoms with E-state index < -0.39 is 17.7 Å². The largest absolute Gasteiger partial charge is 0.327 e. The molecule has 2 atom stereocenters. The molecule has 0 bridgehead atoms. The molecule has 3 N–H and O–H groups in total. The van der Waals surface area contributed by atoms with Gasteiger partial charge in [-0.1, -0.05) is 19.2 Å². The number of carbonyl (C=O) groups excluding carboxylic acids is 2. The van der Waals surface area contributed by atoms with E-state index >= 15 is 0 Å². The number of fused-ring (bicyclic) bond motifs is 1. The standard InChI is InChI=1S/C21H22F2N2O2/c1-3-13(14-6-7-21(27)25-11(14)2)20(26)10-19(24)15-5-4-12-8-17(22)18(23)9-16(12)15/h3,8-9,15,19H,1-2,4-7,10,24H2,(H,25,27). The third-order valence-electron chi connectivity index (χ3n) is 5.33. The molecule has 1 amide bonds. The monoisotopic (exact) mass is 372 g/mol. The first-order chi connectivity index (χ1) is 12.8. The maximum Gasteiger partial charge on any atom is 0.224 e. The van der Waals surface area contributed by atoms with Crippen LogP contribution in [0.2, 0.25) is 0 Å². The molecule has 1 saturated heterocycles. The molecule has 1 aliphatic carbocycles. The summed E-state index contributed by atoms with van der Waals surface area (Å²) in [6.45, 7) is 7.51. The van der Waals surface area contributed by atoms with Crippen LogP contribution in [0.5, 0.6) is 0 Å². The Balaban J connectivity index is 1.79. The Labute approximate surface area is 156 Å². The van der Waals surface area contributed by atoms with Crippen LogP contribution in [0.25, 0.3) is 0 Å². The van der Waals surface area contributed by atoms with E-state index in [9.17, 15) is 18.4 Å². The lowest BCUT2D eigenvalue weighted by Crippen LogP contribution is -2.32. The van der Waals surface area contributed by atoms with Gasteiger partial charge in [0.25, 0.3) is 0 Å². The lowest BCUT2D eigenvalue weighted by molar-refractivity contribution is -0.121. The summed E-state index contributed by atoms with van der Waals surface area (Å²) in [5.41, 5.74) is 9.17. The van der Waals surface area contributed by atoms with E-state index in [1.165, 1.54) is 18.2 Å². The van der Waals surface area contributed by atoms with E-state index in [4.69, 9.17) is 5.73 Å². The molecule has 1 aromatic carbocycles. The maximum atomic E-state index is 13.6. The number of piperidine rings is 1. The Hall–Kier alpha value is -2.60. The number of benzene rings is 1. The van der Waals surface area contributed by atoms with Gasteiger partial charge in [-0.15, -0.1) is 0 Å². The highest BCUT2D eigenvalue weighted by atomic mass is 19.2. The summed E-state index contributed by atoms with van der Waals surface area (Å²) in [6, 6.07) is 1.88. The Morgan fingerprint density at radius 3 is 2.67 bits per heavy atom. The Bertz CT molecular complexity index is 873. The number of rotatable bonds is 5. The number of aryl methyl sites for hydroxylation is 1. The molecular formula is C21H22F2N2O2. The molecule has 4 nitrogen and oxygen atoms in total. The fourth-order valence-corrected chi connectivity index (χ4v) is 3.94. The zero-order valence-electron chi connectivity index (χ0n) is 15.0. The van der Waals surface area contributed by atoms with E-state index in [-0.39, 0.29) is 30.4 Å². The minimum Gasteiger partial charge on any atom is -0.327 e. The quantitative estimate of drug-likeness (QED) is 0.780. The predicted octanol–water partition coefficient (Wildman–Crippen LogP) is 3.19. The topological polar surface area (TPSA) is 72.2 Å². The SMILES string of the molecule is C=CC(C(=O)CC(N)C1CCc2cc(F)c(F)cc21)=C1CCC(=O)NC1=C. The molecule has 3 rings (SSSR count). The number of Topliss-reactive ketones (excluding diaryl/α,β-unsaturated/α-hetero) is 1. The van der Waals surface area contributed by atoms with Gasteiger partial charge < -0.3 is 11.1 Å². The van der Waals surface area contributed by atoms with E-state index in [1.807, 2.05) is 0 Å². The van der Waals surface area contributed by atoms with Gasteiger partial charge in [0.1, 0.15) is 0 Å². The first-order valence-corrected chi connectivity index (χ1v) is 8.93. The number of nitrogens with two attached hydrogens (primary N) is 1. The molecule has 2 aliphatic rings. The van der Waals surface area contributed by atoms with Gasteiger partial charge in [0.15, 0.2) is 17.4 Å². The number of amides is 1. The summed E-state index contributed by atoms with van der Waals surface area (Å²) in [7, 11) is 0. The number of hydrogen-bond acceptors (Lipinski definition) is 3. The van der Waals surface area contributed by atoms with Gasteiger partial charge in [0.05, 0.1) is 0 Å². The van der Waals surface area contributed by atoms with Crippen LogP contribution in [0.15, 0.2) is 48.2 Å². The van der Waals surface area contributed by atoms with Crippen molar-refractivity contribution in [3.05, 3.63) is 71.0 Å². The molecule has 2 unspecified atom stereocenters. The number of hydrogen-bond donors (Lipinski definition) is 2. The second-order valence-corrected chi connectivity index (χ2v) is 7.02. The molecule has 0 spiro atoms. The minimum atomic E-state index is -0.901. The zero-order valence-corrected chi connectivity index (χ0v) is 15.0. The summed E-state index contributed by atoms with van der Waals surface area (Å²) in [6.07, 6.45) is 3.47. The van der Waals surface area contributed by atoms with Crippen molar-refractivity contribution in [3.63, 3.8) is 0 Å². The highest BCUT2D eigenvalue weighted by molar-refractivity contribution is 6.00. The van der Waals surface area contributed by atoms with Crippen molar-refractivity contribution >= 4 is 11.7 Å². The first-order valence-electron chi connectivity index (χ1n) is 8.93. The fraction of sp³-hybridized carbons (Fsp3) is 0.333. The predicted molar refractivity (Wildman–Crippen MR) is 98.8 cm³/mol. The lowest BCUT2D eigenvalue weighted by atomic mass is 9.87. The molecule has 6 heteroatoms. The van der Waals surface area contributed by atoms with Crippen molar-refractivity contribution in [1.29, 1.82) is 0 Å². The summed E-state index contributed by atoms with van der Waals surface area (Å²) in [4.78, 5) is 24.2. The highest BCUT2D eigenvalue weighted by Gasteiger charge is 2.31. The average molecular weight is 372 g/mol. The minimum absolute atomic E-state index is 0.0508. The van der Waals surface area contributed by atoms with Crippen molar-refractivity contribution in [3.8, 4) is 0 Å². The summed E-state index contributed by atoms with van der Waals surface area (Å²) in [5, 5.41) is 2.63. The third-order valence-corrected chi connectivity index (χ3v) is 5.33. The second-order valence-electron chi connectivity index (χ2n) is 7.02. The second kappa shape index (κ2) is 7.56. The van der Waals surface area contributed by atoms with Gasteiger partial charge in [0.2, 0.25) is 5.91 Å². The van der Waals surface area contributed by atoms with Crippen LogP contribution in [0, 0.1) is 11.6 Å². The van der Waals surface area contributed by atoms with E-state index in [0.717, 1.165) is 5.56 Å². The molecule has 1 aliphatic heterocycles. The van der Waals surface area contributed by atoms with Gasteiger partial charge in [0, 0.05) is 36.1 Å². The fourth-order valence-electron chi connectivity index (χ4n) is 3.94. The summed E-state index contributed by atoms with van der Waals surface area (Å²) in [5.74, 6) is -2.30. The molecule has 142 valence electrons. The normalized spacial score (nSPS) is 22.1. The highest BCUT2D eigenvalue weighted by Crippen LogP contribution is 2.37. The van der Waals surface area contributed by atoms with Gasteiger partial charge >= 0.3 is 0 Å². The number of carbonyl (C=O) groups is 2. The maximum absolute atomic E-state index is 13.6. The molecule has 1 heterocycles. The number of nitrogens with one attached hydrogen (secondary N) is 1. The van der Waals surface area contributed by atoms with Gasteiger partial charge in [-0.05, 0) is 48.1 Å².